The maximum atomic E-state index is 7.00. The van der Waals surface area contributed by atoms with E-state index in [1.165, 1.54) is 0 Å². The van der Waals surface area contributed by atoms with Crippen LogP contribution >= 0.6 is 0 Å². The molecule has 0 spiro atoms. The van der Waals surface area contributed by atoms with Gasteiger partial charge < -0.3 is 14.6 Å². The minimum absolute atomic E-state index is 0.669. The number of hydrogen-bond donors (Lipinski definition) is 1. The molecule has 0 aliphatic heterocycles. The number of ether oxygens (including phenoxy) is 2. The van der Waals surface area contributed by atoms with E-state index in [1.807, 2.05) is 19.9 Å². The molecule has 1 rings (SSSR count). The summed E-state index contributed by atoms with van der Waals surface area (Å²) in [5, 5.41) is 7.00. The van der Waals surface area contributed by atoms with E-state index >= 15 is 0 Å². The topological polar surface area (TPSA) is 51.0 Å². The second-order valence-electron chi connectivity index (χ2n) is 2.20. The molecule has 0 unspecified atom stereocenters. The van der Waals surface area contributed by atoms with Crippen LogP contribution in [0.1, 0.15) is 13.8 Å². The zero-order chi connectivity index (χ0) is 13.0. The van der Waals surface area contributed by atoms with Gasteiger partial charge in [0.1, 0.15) is 0 Å². The quantitative estimate of drug-likeness (QED) is 0.808. The number of rotatable bonds is 3. The molecule has 0 aromatic heterocycles. The van der Waals surface area contributed by atoms with Gasteiger partial charge in [0.15, 0.2) is 11.5 Å². The van der Waals surface area contributed by atoms with Gasteiger partial charge in [-0.05, 0) is 18.9 Å². The molecular weight excluding hydrogens is 206 g/mol. The molecule has 0 radical (unpaired) electrons. The Morgan fingerprint density at radius 2 is 1.56 bits per heavy atom. The second kappa shape index (κ2) is 11.5. The van der Waals surface area contributed by atoms with Gasteiger partial charge in [-0.15, -0.1) is 0 Å². The molecule has 0 atom stereocenters. The molecule has 0 bridgehead atoms. The van der Waals surface area contributed by atoms with Crippen LogP contribution in [-0.4, -0.2) is 33.2 Å². The molecule has 4 nitrogen and oxygen atoms in total. The zero-order valence-corrected chi connectivity index (χ0v) is 10.7. The van der Waals surface area contributed by atoms with Gasteiger partial charge in [0, 0.05) is 13.2 Å². The largest absolute Gasteiger partial charge is 0.493 e. The van der Waals surface area contributed by atoms with Gasteiger partial charge in [0.2, 0.25) is 0 Å². The lowest BCUT2D eigenvalue weighted by atomic mass is 10.3. The Morgan fingerprint density at radius 1 is 1.06 bits per heavy atom. The molecular formula is C12H21NO3. The molecule has 0 amide bonds. The number of methoxy groups -OCH3 is 2. The molecule has 4 heteroatoms. The van der Waals surface area contributed by atoms with Crippen LogP contribution in [0.5, 0.6) is 11.5 Å². The van der Waals surface area contributed by atoms with Crippen LogP contribution in [-0.2, 0) is 0 Å². The molecule has 1 N–H and O–H groups in total. The van der Waals surface area contributed by atoms with Crippen molar-refractivity contribution < 1.29 is 14.6 Å². The molecule has 1 aromatic rings. The lowest BCUT2D eigenvalue weighted by Crippen LogP contribution is -1.88. The summed E-state index contributed by atoms with van der Waals surface area (Å²) in [6, 6.07) is 5.38. The Labute approximate surface area is 97.5 Å². The van der Waals surface area contributed by atoms with Crippen molar-refractivity contribution in [2.24, 2.45) is 4.99 Å². The first-order valence-corrected chi connectivity index (χ1v) is 4.95. The van der Waals surface area contributed by atoms with Crippen LogP contribution in [0.15, 0.2) is 23.2 Å². The predicted octanol–water partition coefficient (Wildman–Crippen LogP) is 2.67. The Hall–Kier alpha value is -1.55. The van der Waals surface area contributed by atoms with Crippen molar-refractivity contribution >= 4 is 12.4 Å². The highest BCUT2D eigenvalue weighted by Crippen LogP contribution is 2.30. The van der Waals surface area contributed by atoms with Gasteiger partial charge in [0.05, 0.1) is 19.9 Å². The van der Waals surface area contributed by atoms with Gasteiger partial charge in [-0.25, -0.2) is 0 Å². The highest BCUT2D eigenvalue weighted by atomic mass is 16.5. The molecule has 92 valence electrons. The summed E-state index contributed by atoms with van der Waals surface area (Å²) >= 11 is 0. The SMILES string of the molecule is C=Nc1ccc(OC)c(OC)c1.CC.CO. The summed E-state index contributed by atoms with van der Waals surface area (Å²) < 4.78 is 10.1. The van der Waals surface area contributed by atoms with E-state index in [-0.39, 0.29) is 0 Å². The minimum atomic E-state index is 0.669. The van der Waals surface area contributed by atoms with Gasteiger partial charge in [-0.2, -0.15) is 0 Å². The predicted molar refractivity (Wildman–Crippen MR) is 68.2 cm³/mol. The van der Waals surface area contributed by atoms with Crippen LogP contribution in [0.25, 0.3) is 0 Å². The van der Waals surface area contributed by atoms with Crippen LogP contribution < -0.4 is 9.47 Å². The van der Waals surface area contributed by atoms with E-state index in [0.717, 1.165) is 12.8 Å². The van der Waals surface area contributed by atoms with Gasteiger partial charge in [-0.1, -0.05) is 13.8 Å². The summed E-state index contributed by atoms with van der Waals surface area (Å²) in [4.78, 5) is 3.77. The summed E-state index contributed by atoms with van der Waals surface area (Å²) in [5.41, 5.74) is 0.771. The first kappa shape index (κ1) is 16.9. The first-order valence-electron chi connectivity index (χ1n) is 4.95. The number of aliphatic hydroxyl groups excluding tert-OH is 1. The van der Waals surface area contributed by atoms with E-state index < -0.39 is 0 Å². The van der Waals surface area contributed by atoms with Gasteiger partial charge in [0.25, 0.3) is 0 Å². The third-order valence-electron chi connectivity index (χ3n) is 1.55. The zero-order valence-electron chi connectivity index (χ0n) is 10.7. The Kier molecular flexibility index (Phi) is 12.1. The summed E-state index contributed by atoms with van der Waals surface area (Å²) in [5.74, 6) is 1.37. The van der Waals surface area contributed by atoms with Crippen LogP contribution in [0, 0.1) is 0 Å². The normalized spacial score (nSPS) is 7.62. The molecule has 0 heterocycles. The molecule has 1 aromatic carbocycles. The molecule has 0 fully saturated rings. The third kappa shape index (κ3) is 5.36. The van der Waals surface area contributed by atoms with E-state index in [4.69, 9.17) is 14.6 Å². The molecule has 16 heavy (non-hydrogen) atoms. The average molecular weight is 227 g/mol. The second-order valence-corrected chi connectivity index (χ2v) is 2.20. The standard InChI is InChI=1S/C9H11NO2.C2H6.CH4O/c1-10-7-4-5-8(11-2)9(6-7)12-3;2*1-2/h4-6H,1H2,2-3H3;1-2H3;2H,1H3. The van der Waals surface area contributed by atoms with Crippen LogP contribution in [0.3, 0.4) is 0 Å². The highest BCUT2D eigenvalue weighted by molar-refractivity contribution is 5.54. The highest BCUT2D eigenvalue weighted by Gasteiger charge is 2.02. The average Bonchev–Trinajstić information content (AvgIpc) is 2.42. The van der Waals surface area contributed by atoms with E-state index in [9.17, 15) is 0 Å². The van der Waals surface area contributed by atoms with Gasteiger partial charge in [-0.3, -0.25) is 4.99 Å². The molecule has 0 saturated carbocycles. The Balaban J connectivity index is 0. The van der Waals surface area contributed by atoms with Crippen molar-refractivity contribution in [3.05, 3.63) is 18.2 Å². The number of aliphatic hydroxyl groups is 1. The number of aliphatic imine (C=N–C) groups is 1. The van der Waals surface area contributed by atoms with E-state index in [0.29, 0.717) is 11.5 Å². The van der Waals surface area contributed by atoms with Crippen molar-refractivity contribution in [2.75, 3.05) is 21.3 Å². The number of hydrogen-bond acceptors (Lipinski definition) is 4. The van der Waals surface area contributed by atoms with Crippen LogP contribution in [0.2, 0.25) is 0 Å². The van der Waals surface area contributed by atoms with Crippen molar-refractivity contribution in [1.29, 1.82) is 0 Å². The summed E-state index contributed by atoms with van der Waals surface area (Å²) in [6.07, 6.45) is 0. The first-order chi connectivity index (χ1) is 7.81. The Bertz CT molecular complexity index is 288. The van der Waals surface area contributed by atoms with Gasteiger partial charge >= 0.3 is 0 Å². The Morgan fingerprint density at radius 3 is 1.94 bits per heavy atom. The van der Waals surface area contributed by atoms with Crippen molar-refractivity contribution in [2.45, 2.75) is 13.8 Å². The minimum Gasteiger partial charge on any atom is -0.493 e. The summed E-state index contributed by atoms with van der Waals surface area (Å²) in [6.45, 7) is 7.42. The molecule has 0 saturated heterocycles. The van der Waals surface area contributed by atoms with Crippen LogP contribution in [0.4, 0.5) is 5.69 Å². The smallest absolute Gasteiger partial charge is 0.162 e. The maximum absolute atomic E-state index is 7.00. The monoisotopic (exact) mass is 227 g/mol. The third-order valence-corrected chi connectivity index (χ3v) is 1.55. The lowest BCUT2D eigenvalue weighted by Gasteiger charge is -2.06. The fraction of sp³-hybridized carbons (Fsp3) is 0.417. The summed E-state index contributed by atoms with van der Waals surface area (Å²) in [7, 11) is 4.18. The van der Waals surface area contributed by atoms with Crippen molar-refractivity contribution in [1.82, 2.24) is 0 Å². The van der Waals surface area contributed by atoms with Crippen molar-refractivity contribution in [3.8, 4) is 11.5 Å². The fourth-order valence-electron chi connectivity index (χ4n) is 0.923. The lowest BCUT2D eigenvalue weighted by molar-refractivity contribution is 0.355. The fourth-order valence-corrected chi connectivity index (χ4v) is 0.923. The van der Waals surface area contributed by atoms with E-state index in [1.54, 1.807) is 26.4 Å². The maximum Gasteiger partial charge on any atom is 0.162 e. The number of benzene rings is 1. The molecule has 0 aliphatic carbocycles. The van der Waals surface area contributed by atoms with E-state index in [2.05, 4.69) is 11.7 Å². The molecule has 0 aliphatic rings. The van der Waals surface area contributed by atoms with Crippen molar-refractivity contribution in [3.63, 3.8) is 0 Å². The number of nitrogens with zero attached hydrogens (tertiary/aromatic N) is 1.